The first-order valence-electron chi connectivity index (χ1n) is 10.5. The lowest BCUT2D eigenvalue weighted by Crippen LogP contribution is -2.33. The topological polar surface area (TPSA) is 55.8 Å². The second kappa shape index (κ2) is 16.1. The van der Waals surface area contributed by atoms with Crippen LogP contribution in [0.1, 0.15) is 30.9 Å². The summed E-state index contributed by atoms with van der Waals surface area (Å²) in [6, 6.07) is 19.2. The molecule has 0 N–H and O–H groups in total. The van der Waals surface area contributed by atoms with Crippen LogP contribution in [0.15, 0.2) is 98.1 Å². The monoisotopic (exact) mass is 435 g/mol. The van der Waals surface area contributed by atoms with Gasteiger partial charge in [-0.3, -0.25) is 4.79 Å². The highest BCUT2D eigenvalue weighted by atomic mass is 16.6. The average Bonchev–Trinajstić information content (AvgIpc) is 2.81. The van der Waals surface area contributed by atoms with Gasteiger partial charge in [0.15, 0.2) is 0 Å². The van der Waals surface area contributed by atoms with Crippen molar-refractivity contribution in [1.82, 2.24) is 4.90 Å². The Balaban J connectivity index is 0.000000330. The molecule has 0 saturated heterocycles. The van der Waals surface area contributed by atoms with Crippen LogP contribution in [-0.4, -0.2) is 30.1 Å². The maximum atomic E-state index is 11.9. The zero-order chi connectivity index (χ0) is 23.6. The Labute approximate surface area is 191 Å². The van der Waals surface area contributed by atoms with Gasteiger partial charge >= 0.3 is 12.1 Å². The van der Waals surface area contributed by atoms with Crippen molar-refractivity contribution in [3.8, 4) is 0 Å². The zero-order valence-corrected chi connectivity index (χ0v) is 18.9. The minimum atomic E-state index is -0.346. The van der Waals surface area contributed by atoms with Gasteiger partial charge in [0, 0.05) is 19.5 Å². The predicted molar refractivity (Wildman–Crippen MR) is 129 cm³/mol. The third-order valence-electron chi connectivity index (χ3n) is 4.07. The fraction of sp³-hybridized carbons (Fsp3) is 0.259. The molecular weight excluding hydrogens is 402 g/mol. The maximum absolute atomic E-state index is 11.9. The lowest BCUT2D eigenvalue weighted by molar-refractivity contribution is -0.144. The van der Waals surface area contributed by atoms with Crippen molar-refractivity contribution in [3.63, 3.8) is 0 Å². The molecule has 0 atom stereocenters. The van der Waals surface area contributed by atoms with Crippen LogP contribution in [0.3, 0.4) is 0 Å². The smallest absolute Gasteiger partial charge is 0.410 e. The summed E-state index contributed by atoms with van der Waals surface area (Å²) >= 11 is 0. The Morgan fingerprint density at radius 3 is 1.88 bits per heavy atom. The van der Waals surface area contributed by atoms with E-state index in [0.29, 0.717) is 32.5 Å². The maximum Gasteiger partial charge on any atom is 0.410 e. The van der Waals surface area contributed by atoms with Crippen LogP contribution in [0.2, 0.25) is 0 Å². The lowest BCUT2D eigenvalue weighted by atomic mass is 10.2. The van der Waals surface area contributed by atoms with Gasteiger partial charge in [0.25, 0.3) is 0 Å². The normalized spacial score (nSPS) is 9.53. The van der Waals surface area contributed by atoms with Crippen LogP contribution in [0.5, 0.6) is 0 Å². The first kappa shape index (κ1) is 26.4. The van der Waals surface area contributed by atoms with Crippen molar-refractivity contribution in [1.29, 1.82) is 0 Å². The molecule has 0 aliphatic heterocycles. The molecule has 1 amide bonds. The SMILES string of the molecule is C=CCCC(=O)OCc1ccccc1.C=CCN(CC(=C)C)C(=O)OCc1ccccc1. The number of carbonyl (C=O) groups excluding carboxylic acids is 2. The summed E-state index contributed by atoms with van der Waals surface area (Å²) in [7, 11) is 0. The third kappa shape index (κ3) is 12.2. The molecule has 5 nitrogen and oxygen atoms in total. The second-order valence-corrected chi connectivity index (χ2v) is 7.14. The molecule has 5 heteroatoms. The van der Waals surface area contributed by atoms with Crippen molar-refractivity contribution >= 4 is 12.1 Å². The highest BCUT2D eigenvalue weighted by Gasteiger charge is 2.13. The van der Waals surface area contributed by atoms with Gasteiger partial charge in [0.05, 0.1) is 0 Å². The fourth-order valence-electron chi connectivity index (χ4n) is 2.53. The van der Waals surface area contributed by atoms with E-state index in [1.54, 1.807) is 17.1 Å². The second-order valence-electron chi connectivity index (χ2n) is 7.14. The molecule has 2 rings (SSSR count). The molecule has 32 heavy (non-hydrogen) atoms. The summed E-state index contributed by atoms with van der Waals surface area (Å²) in [4.78, 5) is 24.5. The summed E-state index contributed by atoms with van der Waals surface area (Å²) in [5.41, 5.74) is 2.90. The van der Waals surface area contributed by atoms with E-state index >= 15 is 0 Å². The minimum Gasteiger partial charge on any atom is -0.461 e. The van der Waals surface area contributed by atoms with Gasteiger partial charge in [-0.25, -0.2) is 4.79 Å². The van der Waals surface area contributed by atoms with E-state index in [1.807, 2.05) is 67.6 Å². The van der Waals surface area contributed by atoms with Crippen molar-refractivity contribution < 1.29 is 19.1 Å². The molecule has 0 aliphatic carbocycles. The van der Waals surface area contributed by atoms with Gasteiger partial charge in [-0.15, -0.1) is 13.2 Å². The molecule has 2 aromatic rings. The molecule has 2 aromatic carbocycles. The Bertz CT molecular complexity index is 846. The number of nitrogens with zero attached hydrogens (tertiary/aromatic N) is 1. The number of esters is 1. The summed E-state index contributed by atoms with van der Waals surface area (Å²) in [5, 5.41) is 0. The molecule has 0 spiro atoms. The van der Waals surface area contributed by atoms with Crippen LogP contribution in [0.4, 0.5) is 4.79 Å². The molecule has 0 fully saturated rings. The number of hydrogen-bond donors (Lipinski definition) is 0. The van der Waals surface area contributed by atoms with E-state index in [-0.39, 0.29) is 18.7 Å². The standard InChI is InChI=1S/C15H19NO2.C12H14O2/c1-4-10-16(11-13(2)3)15(17)18-12-14-8-6-5-7-9-14;1-2-3-9-12(13)14-10-11-7-5-4-6-8-11/h4-9H,1-2,10-12H2,3H3;2,4-8H,1,3,9-10H2. The number of benzene rings is 2. The van der Waals surface area contributed by atoms with E-state index in [4.69, 9.17) is 9.47 Å². The van der Waals surface area contributed by atoms with Gasteiger partial charge < -0.3 is 14.4 Å². The van der Waals surface area contributed by atoms with Crippen molar-refractivity contribution in [2.75, 3.05) is 13.1 Å². The number of amides is 1. The molecule has 0 unspecified atom stereocenters. The van der Waals surface area contributed by atoms with Crippen LogP contribution in [0.25, 0.3) is 0 Å². The number of rotatable bonds is 11. The zero-order valence-electron chi connectivity index (χ0n) is 18.9. The largest absolute Gasteiger partial charge is 0.461 e. The van der Waals surface area contributed by atoms with E-state index in [9.17, 15) is 9.59 Å². The number of allylic oxidation sites excluding steroid dienone is 1. The quantitative estimate of drug-likeness (QED) is 0.317. The van der Waals surface area contributed by atoms with E-state index < -0.39 is 0 Å². The summed E-state index contributed by atoms with van der Waals surface area (Å²) in [6.45, 7) is 14.4. The number of hydrogen-bond acceptors (Lipinski definition) is 4. The summed E-state index contributed by atoms with van der Waals surface area (Å²) in [6.07, 6.45) is 4.13. The molecular formula is C27H33NO4. The van der Waals surface area contributed by atoms with Crippen molar-refractivity contribution in [2.24, 2.45) is 0 Å². The average molecular weight is 436 g/mol. The minimum absolute atomic E-state index is 0.172. The first-order valence-corrected chi connectivity index (χ1v) is 10.5. The van der Waals surface area contributed by atoms with Crippen molar-refractivity contribution in [3.05, 3.63) is 109 Å². The molecule has 0 bridgehead atoms. The molecule has 0 aromatic heterocycles. The van der Waals surface area contributed by atoms with Crippen LogP contribution < -0.4 is 0 Å². The van der Waals surface area contributed by atoms with E-state index in [1.165, 1.54) is 0 Å². The van der Waals surface area contributed by atoms with Crippen LogP contribution in [0, 0.1) is 0 Å². The van der Waals surface area contributed by atoms with E-state index in [2.05, 4.69) is 19.7 Å². The highest BCUT2D eigenvalue weighted by Crippen LogP contribution is 2.05. The molecule has 0 radical (unpaired) electrons. The highest BCUT2D eigenvalue weighted by molar-refractivity contribution is 5.69. The predicted octanol–water partition coefficient (Wildman–Crippen LogP) is 6.08. The van der Waals surface area contributed by atoms with Gasteiger partial charge in [-0.1, -0.05) is 85.0 Å². The number of carbonyl (C=O) groups is 2. The first-order chi connectivity index (χ1) is 15.5. The molecule has 0 heterocycles. The van der Waals surface area contributed by atoms with Gasteiger partial charge in [-0.2, -0.15) is 0 Å². The molecule has 0 saturated carbocycles. The van der Waals surface area contributed by atoms with E-state index in [0.717, 1.165) is 16.7 Å². The molecule has 170 valence electrons. The Morgan fingerprint density at radius 2 is 1.41 bits per heavy atom. The summed E-state index contributed by atoms with van der Waals surface area (Å²) in [5.74, 6) is -0.172. The number of ether oxygens (including phenoxy) is 2. The Hall–Kier alpha value is -3.60. The van der Waals surface area contributed by atoms with Crippen LogP contribution in [-0.2, 0) is 27.5 Å². The summed E-state index contributed by atoms with van der Waals surface area (Å²) < 4.78 is 10.3. The Kier molecular flexibility index (Phi) is 13.3. The van der Waals surface area contributed by atoms with Crippen molar-refractivity contribution in [2.45, 2.75) is 33.0 Å². The Morgan fingerprint density at radius 1 is 0.875 bits per heavy atom. The lowest BCUT2D eigenvalue weighted by Gasteiger charge is -2.20. The van der Waals surface area contributed by atoms with Gasteiger partial charge in [0.1, 0.15) is 13.2 Å². The third-order valence-corrected chi connectivity index (χ3v) is 4.07. The van der Waals surface area contributed by atoms with Gasteiger partial charge in [-0.05, 0) is 24.5 Å². The molecule has 0 aliphatic rings. The fourth-order valence-corrected chi connectivity index (χ4v) is 2.53. The van der Waals surface area contributed by atoms with Gasteiger partial charge in [0.2, 0.25) is 0 Å². The van der Waals surface area contributed by atoms with Crippen LogP contribution >= 0.6 is 0 Å².